The standard InChI is InChI=1S/C22H30N2O5/c1-27-13-12-24-18-10-11-23(15-17(18)6-9-22(24)26)21(25)8-5-16-4-7-19(28-2)20(14-16)29-3/h4-5,7-8,14,17-18H,6,9-13,15H2,1-3H3/t17-,18+/m1/s1. The Morgan fingerprint density at radius 2 is 1.97 bits per heavy atom. The van der Waals surface area contributed by atoms with E-state index in [0.717, 1.165) is 18.4 Å². The number of carbonyl (C=O) groups excluding carboxylic acids is 2. The van der Waals surface area contributed by atoms with Crippen LogP contribution in [0.15, 0.2) is 24.3 Å². The molecule has 2 atom stereocenters. The average Bonchev–Trinajstić information content (AvgIpc) is 2.76. The van der Waals surface area contributed by atoms with E-state index in [9.17, 15) is 9.59 Å². The zero-order valence-electron chi connectivity index (χ0n) is 17.4. The predicted octanol–water partition coefficient (Wildman–Crippen LogP) is 2.20. The lowest BCUT2D eigenvalue weighted by Gasteiger charge is -2.46. The van der Waals surface area contributed by atoms with Gasteiger partial charge in [-0.1, -0.05) is 6.07 Å². The van der Waals surface area contributed by atoms with Crippen molar-refractivity contribution >= 4 is 17.9 Å². The molecule has 1 aromatic carbocycles. The van der Waals surface area contributed by atoms with E-state index in [-0.39, 0.29) is 17.9 Å². The van der Waals surface area contributed by atoms with Crippen LogP contribution in [0, 0.1) is 5.92 Å². The van der Waals surface area contributed by atoms with Gasteiger partial charge in [-0.25, -0.2) is 0 Å². The van der Waals surface area contributed by atoms with E-state index in [4.69, 9.17) is 14.2 Å². The highest BCUT2D eigenvalue weighted by Crippen LogP contribution is 2.31. The Hall–Kier alpha value is -2.54. The molecule has 7 heteroatoms. The molecule has 0 radical (unpaired) electrons. The number of rotatable bonds is 7. The molecule has 7 nitrogen and oxygen atoms in total. The average molecular weight is 402 g/mol. The Morgan fingerprint density at radius 3 is 2.69 bits per heavy atom. The molecule has 0 spiro atoms. The summed E-state index contributed by atoms with van der Waals surface area (Å²) < 4.78 is 15.7. The predicted molar refractivity (Wildman–Crippen MR) is 110 cm³/mol. The van der Waals surface area contributed by atoms with Crippen molar-refractivity contribution in [3.05, 3.63) is 29.8 Å². The van der Waals surface area contributed by atoms with Crippen molar-refractivity contribution in [1.29, 1.82) is 0 Å². The Balaban J connectivity index is 1.62. The van der Waals surface area contributed by atoms with Gasteiger partial charge < -0.3 is 24.0 Å². The summed E-state index contributed by atoms with van der Waals surface area (Å²) in [4.78, 5) is 28.9. The maximum absolute atomic E-state index is 12.7. The number of piperidine rings is 2. The topological polar surface area (TPSA) is 68.3 Å². The summed E-state index contributed by atoms with van der Waals surface area (Å²) in [5, 5.41) is 0. The summed E-state index contributed by atoms with van der Waals surface area (Å²) in [7, 11) is 4.83. The zero-order valence-corrected chi connectivity index (χ0v) is 17.4. The van der Waals surface area contributed by atoms with Crippen molar-refractivity contribution in [3.63, 3.8) is 0 Å². The molecule has 2 aliphatic rings. The van der Waals surface area contributed by atoms with Gasteiger partial charge >= 0.3 is 0 Å². The van der Waals surface area contributed by atoms with Gasteiger partial charge in [0, 0.05) is 45.3 Å². The number of likely N-dealkylation sites (tertiary alicyclic amines) is 2. The van der Waals surface area contributed by atoms with E-state index in [1.54, 1.807) is 33.5 Å². The van der Waals surface area contributed by atoms with Crippen molar-refractivity contribution < 1.29 is 23.8 Å². The van der Waals surface area contributed by atoms with Crippen LogP contribution in [0.25, 0.3) is 6.08 Å². The van der Waals surface area contributed by atoms with E-state index in [2.05, 4.69) is 0 Å². The first-order valence-corrected chi connectivity index (χ1v) is 10.0. The quantitative estimate of drug-likeness (QED) is 0.654. The van der Waals surface area contributed by atoms with Crippen LogP contribution in [-0.4, -0.2) is 75.2 Å². The summed E-state index contributed by atoms with van der Waals surface area (Å²) >= 11 is 0. The minimum Gasteiger partial charge on any atom is -0.493 e. The van der Waals surface area contributed by atoms with Gasteiger partial charge in [0.25, 0.3) is 0 Å². The van der Waals surface area contributed by atoms with Gasteiger partial charge in [-0.2, -0.15) is 0 Å². The van der Waals surface area contributed by atoms with E-state index < -0.39 is 0 Å². The van der Waals surface area contributed by atoms with Gasteiger partial charge in [-0.05, 0) is 42.5 Å². The first kappa shape index (κ1) is 21.2. The van der Waals surface area contributed by atoms with Crippen LogP contribution in [-0.2, 0) is 14.3 Å². The molecule has 2 fully saturated rings. The normalized spacial score (nSPS) is 22.0. The number of carbonyl (C=O) groups is 2. The number of methoxy groups -OCH3 is 3. The minimum absolute atomic E-state index is 0.00132. The van der Waals surface area contributed by atoms with Crippen molar-refractivity contribution in [1.82, 2.24) is 9.80 Å². The fraction of sp³-hybridized carbons (Fsp3) is 0.545. The van der Waals surface area contributed by atoms with Crippen LogP contribution in [0.3, 0.4) is 0 Å². The van der Waals surface area contributed by atoms with E-state index in [0.29, 0.717) is 50.1 Å². The van der Waals surface area contributed by atoms with Gasteiger partial charge in [-0.15, -0.1) is 0 Å². The van der Waals surface area contributed by atoms with Crippen LogP contribution in [0.5, 0.6) is 11.5 Å². The zero-order chi connectivity index (χ0) is 20.8. The number of nitrogens with zero attached hydrogens (tertiary/aromatic N) is 2. The third kappa shape index (κ3) is 4.90. The molecule has 2 amide bonds. The van der Waals surface area contributed by atoms with Crippen molar-refractivity contribution in [2.45, 2.75) is 25.3 Å². The van der Waals surface area contributed by atoms with Gasteiger partial charge in [0.05, 0.1) is 20.8 Å². The highest BCUT2D eigenvalue weighted by atomic mass is 16.5. The molecule has 1 aromatic rings. The van der Waals surface area contributed by atoms with Crippen LogP contribution in [0.2, 0.25) is 0 Å². The Labute approximate surface area is 172 Å². The molecule has 2 aliphatic heterocycles. The fourth-order valence-electron chi connectivity index (χ4n) is 4.26. The van der Waals surface area contributed by atoms with Crippen LogP contribution in [0.1, 0.15) is 24.8 Å². The molecule has 0 aromatic heterocycles. The molecule has 0 N–H and O–H groups in total. The van der Waals surface area contributed by atoms with E-state index in [1.807, 2.05) is 28.0 Å². The van der Waals surface area contributed by atoms with Crippen LogP contribution in [0.4, 0.5) is 0 Å². The minimum atomic E-state index is -0.00132. The third-order valence-electron chi connectivity index (χ3n) is 5.82. The number of fused-ring (bicyclic) bond motifs is 1. The second-order valence-corrected chi connectivity index (χ2v) is 7.47. The number of amides is 2. The molecule has 2 saturated heterocycles. The number of benzene rings is 1. The lowest BCUT2D eigenvalue weighted by molar-refractivity contribution is -0.143. The van der Waals surface area contributed by atoms with Crippen molar-refractivity contribution in [2.24, 2.45) is 5.92 Å². The Morgan fingerprint density at radius 1 is 1.17 bits per heavy atom. The van der Waals surface area contributed by atoms with E-state index in [1.165, 1.54) is 0 Å². The first-order chi connectivity index (χ1) is 14.1. The van der Waals surface area contributed by atoms with E-state index >= 15 is 0 Å². The van der Waals surface area contributed by atoms with Crippen molar-refractivity contribution in [2.75, 3.05) is 47.6 Å². The monoisotopic (exact) mass is 402 g/mol. The molecule has 0 aliphatic carbocycles. The van der Waals surface area contributed by atoms with Gasteiger partial charge in [0.2, 0.25) is 11.8 Å². The molecule has 3 rings (SSSR count). The smallest absolute Gasteiger partial charge is 0.246 e. The van der Waals surface area contributed by atoms with Gasteiger partial charge in [0.1, 0.15) is 0 Å². The summed E-state index contributed by atoms with van der Waals surface area (Å²) in [5.74, 6) is 1.82. The largest absolute Gasteiger partial charge is 0.493 e. The maximum Gasteiger partial charge on any atom is 0.246 e. The first-order valence-electron chi connectivity index (χ1n) is 10.0. The summed E-state index contributed by atoms with van der Waals surface area (Å²) in [6.45, 7) is 2.53. The number of hydrogen-bond donors (Lipinski definition) is 0. The van der Waals surface area contributed by atoms with Crippen molar-refractivity contribution in [3.8, 4) is 11.5 Å². The molecule has 158 valence electrons. The molecule has 0 unspecified atom stereocenters. The van der Waals surface area contributed by atoms with Gasteiger partial charge in [-0.3, -0.25) is 9.59 Å². The van der Waals surface area contributed by atoms with Crippen LogP contribution >= 0.6 is 0 Å². The summed E-state index contributed by atoms with van der Waals surface area (Å²) in [6, 6.07) is 5.76. The third-order valence-corrected chi connectivity index (χ3v) is 5.82. The number of hydrogen-bond acceptors (Lipinski definition) is 5. The second-order valence-electron chi connectivity index (χ2n) is 7.47. The highest BCUT2D eigenvalue weighted by molar-refractivity contribution is 5.92. The van der Waals surface area contributed by atoms with Crippen LogP contribution < -0.4 is 9.47 Å². The second kappa shape index (κ2) is 9.78. The highest BCUT2D eigenvalue weighted by Gasteiger charge is 2.39. The summed E-state index contributed by atoms with van der Waals surface area (Å²) in [6.07, 6.45) is 5.62. The maximum atomic E-state index is 12.7. The SMILES string of the molecule is COCCN1C(=O)CC[C@@H]2CN(C(=O)C=Cc3ccc(OC)c(OC)c3)CC[C@@H]21. The molecule has 0 saturated carbocycles. The Kier molecular flexibility index (Phi) is 7.14. The fourth-order valence-corrected chi connectivity index (χ4v) is 4.26. The number of ether oxygens (including phenoxy) is 3. The molecule has 2 heterocycles. The lowest BCUT2D eigenvalue weighted by atomic mass is 9.83. The lowest BCUT2D eigenvalue weighted by Crippen LogP contribution is -2.57. The summed E-state index contributed by atoms with van der Waals surface area (Å²) in [5.41, 5.74) is 0.875. The Bertz CT molecular complexity index is 764. The molecule has 0 bridgehead atoms. The molecular formula is C22H30N2O5. The molecule has 29 heavy (non-hydrogen) atoms. The molecular weight excluding hydrogens is 372 g/mol. The van der Waals surface area contributed by atoms with Gasteiger partial charge in [0.15, 0.2) is 11.5 Å².